The Hall–Kier alpha value is -9.77. The van der Waals surface area contributed by atoms with Gasteiger partial charge >= 0.3 is 0 Å². The predicted molar refractivity (Wildman–Crippen MR) is 351 cm³/mol. The summed E-state index contributed by atoms with van der Waals surface area (Å²) in [6, 6.07) is 9.16. The molecule has 0 saturated carbocycles. The van der Waals surface area contributed by atoms with Crippen LogP contribution in [0.15, 0.2) is 96.2 Å². The molecule has 0 bridgehead atoms. The number of benzene rings is 3. The zero-order valence-corrected chi connectivity index (χ0v) is 54.4. The number of nitrogens with zero attached hydrogens (tertiary/aromatic N) is 3. The van der Waals surface area contributed by atoms with Crippen molar-refractivity contribution in [1.82, 2.24) is 63.1 Å². The van der Waals surface area contributed by atoms with Crippen molar-refractivity contribution in [2.24, 2.45) is 28.1 Å². The smallest absolute Gasteiger partial charge is 0.245 e. The van der Waals surface area contributed by atoms with Gasteiger partial charge < -0.3 is 80.4 Å². The number of nitrogens with two attached hydrogens (primary N) is 3. The number of hydrogen-bond donors (Lipinski definition) is 14. The summed E-state index contributed by atoms with van der Waals surface area (Å²) in [7, 11) is 0. The molecule has 0 unspecified atom stereocenters. The van der Waals surface area contributed by atoms with E-state index in [-0.39, 0.29) is 89.3 Å². The highest BCUT2D eigenvalue weighted by molar-refractivity contribution is 6.30. The van der Waals surface area contributed by atoms with Gasteiger partial charge in [0.2, 0.25) is 70.9 Å². The summed E-state index contributed by atoms with van der Waals surface area (Å²) in [5.41, 5.74) is 18.2. The fourth-order valence-electron chi connectivity index (χ4n) is 11.0. The minimum atomic E-state index is -1.84. The standard InChI is InChI=1S/C65H87ClN16O13/c1-36(2)29-48-58(89)77-47(64(95)82-28-10-16-53(82)63(94)73-37(3)55(67)86)15-9-26-71-54(85)24-23-46(57(88)75-45(56(87)78-48)14-8-27-72-65(68)69)76-62(93)52(35-83)81-61(92)51(33-41-11-7-25-70-34-41)80-60(91)50(31-39-18-21-44(66)22-19-39)79-59(90)49(74-38(4)84)32-40-17-20-42-12-5-6-13-43(42)30-40/h5-7,11-13,17-22,25,30,34,36-37,45-53,83H,8-10,14-16,23-24,26-29,31-33,35H2,1-4H3,(H2,67,86)(H,71,85)(H,73,94)(H,74,84)(H,75,88)(H,76,93)(H,77,89)(H,78,87)(H,79,90)(H,80,91)(H,81,92)(H4,68,69,72)/t37-,45-,46-,47-,48+,49-,50-,51-,52+,53+/m1/s1. The fourth-order valence-corrected chi connectivity index (χ4v) is 11.1. The van der Waals surface area contributed by atoms with Crippen LogP contribution in [0.1, 0.15) is 102 Å². The quantitative estimate of drug-likeness (QED) is 0.0195. The van der Waals surface area contributed by atoms with Gasteiger partial charge in [-0.25, -0.2) is 0 Å². The first-order valence-corrected chi connectivity index (χ1v) is 32.0. The van der Waals surface area contributed by atoms with E-state index in [0.717, 1.165) is 10.8 Å². The maximum atomic E-state index is 14.7. The number of pyridine rings is 1. The van der Waals surface area contributed by atoms with Crippen LogP contribution in [0, 0.1) is 5.92 Å². The number of guanidine groups is 1. The molecular weight excluding hydrogens is 1250 g/mol. The molecule has 3 heterocycles. The lowest BCUT2D eigenvalue weighted by Gasteiger charge is -2.31. The first-order valence-electron chi connectivity index (χ1n) is 31.6. The highest BCUT2D eigenvalue weighted by atomic mass is 35.5. The Morgan fingerprint density at radius 3 is 1.94 bits per heavy atom. The minimum Gasteiger partial charge on any atom is -0.394 e. The minimum absolute atomic E-state index is 0.0114. The molecule has 6 rings (SSSR count). The van der Waals surface area contributed by atoms with Gasteiger partial charge in [-0.2, -0.15) is 0 Å². The molecule has 3 aromatic carbocycles. The second-order valence-corrected chi connectivity index (χ2v) is 24.5. The van der Waals surface area contributed by atoms with Crippen LogP contribution in [-0.2, 0) is 76.8 Å². The molecule has 0 aliphatic carbocycles. The van der Waals surface area contributed by atoms with Crippen LogP contribution in [0.5, 0.6) is 0 Å². The number of amides is 12. The first kappa shape index (κ1) is 74.3. The summed E-state index contributed by atoms with van der Waals surface area (Å²) in [6.45, 7) is 5.23. The van der Waals surface area contributed by atoms with Crippen molar-refractivity contribution in [1.29, 1.82) is 0 Å². The molecule has 0 spiro atoms. The van der Waals surface area contributed by atoms with Gasteiger partial charge in [0.1, 0.15) is 60.4 Å². The number of aliphatic imine (C=N–C) groups is 1. The normalized spacial score (nSPS) is 19.7. The van der Waals surface area contributed by atoms with Gasteiger partial charge in [-0.05, 0) is 110 Å². The van der Waals surface area contributed by atoms with Crippen molar-refractivity contribution in [3.8, 4) is 0 Å². The summed E-state index contributed by atoms with van der Waals surface area (Å²) in [5.74, 6) is -10.1. The molecule has 10 atom stereocenters. The number of likely N-dealkylation sites (tertiary alicyclic amines) is 1. The molecule has 512 valence electrons. The van der Waals surface area contributed by atoms with Gasteiger partial charge in [0.25, 0.3) is 0 Å². The zero-order valence-electron chi connectivity index (χ0n) is 53.6. The summed E-state index contributed by atoms with van der Waals surface area (Å²) in [5, 5.41) is 39.5. The topological polar surface area (TPSA) is 452 Å². The van der Waals surface area contributed by atoms with Crippen molar-refractivity contribution in [2.45, 2.75) is 165 Å². The molecule has 4 aromatic rings. The SMILES string of the molecule is CC(=O)N[C@H](Cc1ccc2ccccc2c1)C(=O)N[C@H](Cc1ccc(Cl)cc1)C(=O)N[C@H](Cc1cccnc1)C(=O)N[C@@H](CO)C(=O)N[C@@H]1CCC(=O)NCCC[C@H](C(=O)N2CCC[C@H]2C(=O)N[C@H](C)C(N)=O)NC(=O)[C@H](CC(C)C)NC(=O)[C@@H](CCCN=C(N)N)NC1=O. The number of hydrogen-bond acceptors (Lipinski definition) is 15. The molecular formula is C65H87ClN16O13. The Morgan fingerprint density at radius 2 is 1.31 bits per heavy atom. The van der Waals surface area contributed by atoms with Crippen LogP contribution in [0.25, 0.3) is 10.8 Å². The number of aliphatic hydroxyl groups is 1. The number of rotatable bonds is 26. The van der Waals surface area contributed by atoms with E-state index in [1.165, 1.54) is 31.1 Å². The monoisotopic (exact) mass is 1330 g/mol. The van der Waals surface area contributed by atoms with E-state index < -0.39 is 151 Å². The van der Waals surface area contributed by atoms with Crippen LogP contribution in [0.4, 0.5) is 0 Å². The highest BCUT2D eigenvalue weighted by Crippen LogP contribution is 2.22. The lowest BCUT2D eigenvalue weighted by Crippen LogP contribution is -2.61. The van der Waals surface area contributed by atoms with Crippen molar-refractivity contribution >= 4 is 99.2 Å². The summed E-state index contributed by atoms with van der Waals surface area (Å²) in [6.07, 6.45) is 2.40. The Balaban J connectivity index is 1.25. The van der Waals surface area contributed by atoms with Crippen LogP contribution in [0.2, 0.25) is 5.02 Å². The third-order valence-electron chi connectivity index (χ3n) is 16.0. The van der Waals surface area contributed by atoms with E-state index in [1.807, 2.05) is 42.5 Å². The van der Waals surface area contributed by atoms with E-state index in [2.05, 4.69) is 63.1 Å². The Labute approximate surface area is 555 Å². The second-order valence-electron chi connectivity index (χ2n) is 24.1. The number of fused-ring (bicyclic) bond motifs is 1. The van der Waals surface area contributed by atoms with Gasteiger partial charge in [0, 0.05) is 69.7 Å². The largest absolute Gasteiger partial charge is 0.394 e. The highest BCUT2D eigenvalue weighted by Gasteiger charge is 2.40. The van der Waals surface area contributed by atoms with Gasteiger partial charge in [0.05, 0.1) is 6.61 Å². The number of halogens is 1. The van der Waals surface area contributed by atoms with E-state index in [4.69, 9.17) is 28.8 Å². The molecule has 29 nitrogen and oxygen atoms in total. The van der Waals surface area contributed by atoms with E-state index in [1.54, 1.807) is 50.2 Å². The average Bonchev–Trinajstić information content (AvgIpc) is 1.84. The molecule has 2 aliphatic rings. The van der Waals surface area contributed by atoms with Crippen LogP contribution in [0.3, 0.4) is 0 Å². The van der Waals surface area contributed by atoms with Gasteiger partial charge in [-0.3, -0.25) is 67.5 Å². The molecule has 12 amide bonds. The van der Waals surface area contributed by atoms with Gasteiger partial charge in [0.15, 0.2) is 5.96 Å². The molecule has 0 radical (unpaired) electrons. The number of carbonyl (C=O) groups is 12. The predicted octanol–water partition coefficient (Wildman–Crippen LogP) is -1.42. The first-order chi connectivity index (χ1) is 45.3. The molecule has 17 N–H and O–H groups in total. The van der Waals surface area contributed by atoms with E-state index in [0.29, 0.717) is 28.1 Å². The summed E-state index contributed by atoms with van der Waals surface area (Å²) >= 11 is 6.21. The average molecular weight is 1340 g/mol. The second kappa shape index (κ2) is 36.6. The molecule has 1 aromatic heterocycles. The lowest BCUT2D eigenvalue weighted by atomic mass is 9.99. The molecule has 30 heteroatoms. The Morgan fingerprint density at radius 1 is 0.684 bits per heavy atom. The van der Waals surface area contributed by atoms with Crippen LogP contribution < -0.4 is 70.4 Å². The summed E-state index contributed by atoms with van der Waals surface area (Å²) < 4.78 is 0. The van der Waals surface area contributed by atoms with Gasteiger partial charge in [-0.1, -0.05) is 86.1 Å². The number of aromatic nitrogens is 1. The number of aliphatic hydroxyl groups excluding tert-OH is 1. The lowest BCUT2D eigenvalue weighted by molar-refractivity contribution is -0.142. The summed E-state index contributed by atoms with van der Waals surface area (Å²) in [4.78, 5) is 177. The van der Waals surface area contributed by atoms with Crippen LogP contribution >= 0.6 is 11.6 Å². The Kier molecular flexibility index (Phi) is 28.6. The fraction of sp³-hybridized carbons (Fsp3) is 0.477. The number of nitrogens with one attached hydrogen (secondary N) is 10. The van der Waals surface area contributed by atoms with E-state index in [9.17, 15) is 62.6 Å². The molecule has 2 fully saturated rings. The number of primary amides is 1. The van der Waals surface area contributed by atoms with Crippen molar-refractivity contribution < 1.29 is 62.6 Å². The van der Waals surface area contributed by atoms with Crippen molar-refractivity contribution in [2.75, 3.05) is 26.2 Å². The van der Waals surface area contributed by atoms with E-state index >= 15 is 0 Å². The molecule has 95 heavy (non-hydrogen) atoms. The Bertz CT molecular complexity index is 3410. The third-order valence-corrected chi connectivity index (χ3v) is 16.2. The van der Waals surface area contributed by atoms with Crippen molar-refractivity contribution in [3.63, 3.8) is 0 Å². The van der Waals surface area contributed by atoms with Crippen molar-refractivity contribution in [3.05, 3.63) is 113 Å². The molecule has 2 aliphatic heterocycles. The molecule has 2 saturated heterocycles. The number of carbonyl (C=O) groups excluding carboxylic acids is 12. The third kappa shape index (κ3) is 23.6. The zero-order chi connectivity index (χ0) is 69.3. The van der Waals surface area contributed by atoms with Crippen LogP contribution in [-0.4, -0.2) is 178 Å². The maximum absolute atomic E-state index is 14.7. The maximum Gasteiger partial charge on any atom is 0.245 e. The van der Waals surface area contributed by atoms with Gasteiger partial charge in [-0.15, -0.1) is 0 Å².